The van der Waals surface area contributed by atoms with Crippen molar-refractivity contribution in [3.8, 4) is 0 Å². The average Bonchev–Trinajstić information content (AvgIpc) is 3.00. The van der Waals surface area contributed by atoms with Gasteiger partial charge >= 0.3 is 0 Å². The number of aliphatic imine (C=N–C) groups is 4. The highest BCUT2D eigenvalue weighted by Gasteiger charge is 2.30. The fraction of sp³-hybridized carbons (Fsp3) is 0.484. The minimum atomic E-state index is -0.121. The van der Waals surface area contributed by atoms with Crippen LogP contribution in [0.3, 0.4) is 0 Å². The molecule has 0 amide bonds. The summed E-state index contributed by atoms with van der Waals surface area (Å²) in [5.74, 6) is 3.49. The monoisotopic (exact) mass is 558 g/mol. The molecule has 4 rings (SSSR count). The highest BCUT2D eigenvalue weighted by Crippen LogP contribution is 2.14. The number of guanidine groups is 4. The lowest BCUT2D eigenvalue weighted by Gasteiger charge is -2.39. The first-order valence-corrected chi connectivity index (χ1v) is 14.5. The Morgan fingerprint density at radius 2 is 1.39 bits per heavy atom. The Labute approximate surface area is 245 Å². The molecule has 220 valence electrons. The zero-order chi connectivity index (χ0) is 29.2. The summed E-state index contributed by atoms with van der Waals surface area (Å²) in [5.41, 5.74) is 2.67. The molecule has 0 aliphatic carbocycles. The van der Waals surface area contributed by atoms with Gasteiger partial charge in [-0.05, 0) is 37.3 Å². The van der Waals surface area contributed by atoms with Crippen LogP contribution >= 0.6 is 0 Å². The summed E-state index contributed by atoms with van der Waals surface area (Å²) in [5, 5.41) is 6.93. The van der Waals surface area contributed by atoms with Crippen molar-refractivity contribution in [2.45, 2.75) is 44.9 Å². The summed E-state index contributed by atoms with van der Waals surface area (Å²) in [7, 11) is 9.88. The van der Waals surface area contributed by atoms with E-state index in [2.05, 4.69) is 117 Å². The van der Waals surface area contributed by atoms with Gasteiger partial charge in [-0.15, -0.1) is 0 Å². The van der Waals surface area contributed by atoms with E-state index in [-0.39, 0.29) is 12.3 Å². The van der Waals surface area contributed by atoms with Crippen LogP contribution in [0.25, 0.3) is 0 Å². The van der Waals surface area contributed by atoms with Crippen LogP contribution in [0.5, 0.6) is 0 Å². The molecule has 2 aromatic carbocycles. The Balaban J connectivity index is 1.43. The minimum absolute atomic E-state index is 0.0476. The molecule has 10 heteroatoms. The van der Waals surface area contributed by atoms with Crippen LogP contribution in [0.1, 0.15) is 30.9 Å². The third kappa shape index (κ3) is 7.99. The van der Waals surface area contributed by atoms with Gasteiger partial charge < -0.3 is 20.4 Å². The lowest BCUT2D eigenvalue weighted by molar-refractivity contribution is 0.367. The first-order valence-electron chi connectivity index (χ1n) is 14.5. The van der Waals surface area contributed by atoms with E-state index >= 15 is 0 Å². The molecule has 2 aromatic rings. The zero-order valence-electron chi connectivity index (χ0n) is 25.5. The van der Waals surface area contributed by atoms with Crippen molar-refractivity contribution in [1.29, 1.82) is 0 Å². The molecule has 2 aliphatic rings. The van der Waals surface area contributed by atoms with Gasteiger partial charge in [-0.3, -0.25) is 19.8 Å². The van der Waals surface area contributed by atoms with E-state index in [1.807, 2.05) is 26.0 Å². The van der Waals surface area contributed by atoms with Gasteiger partial charge in [0.2, 0.25) is 23.8 Å². The molecule has 10 nitrogen and oxygen atoms in total. The number of rotatable bonds is 10. The maximum atomic E-state index is 5.12. The Morgan fingerprint density at radius 3 is 2.02 bits per heavy atom. The van der Waals surface area contributed by atoms with E-state index in [1.54, 1.807) is 0 Å². The molecule has 0 aromatic heterocycles. The fourth-order valence-corrected chi connectivity index (χ4v) is 5.19. The van der Waals surface area contributed by atoms with Crippen LogP contribution in [-0.2, 0) is 12.8 Å². The molecule has 0 saturated carbocycles. The van der Waals surface area contributed by atoms with Gasteiger partial charge in [-0.1, -0.05) is 60.7 Å². The second-order valence-electron chi connectivity index (χ2n) is 10.6. The van der Waals surface area contributed by atoms with Gasteiger partial charge in [0.15, 0.2) is 0 Å². The van der Waals surface area contributed by atoms with E-state index < -0.39 is 0 Å². The number of nitrogens with one attached hydrogen (secondary N) is 2. The minimum Gasteiger partial charge on any atom is -0.345 e. The van der Waals surface area contributed by atoms with Gasteiger partial charge in [-0.2, -0.15) is 0 Å². The SMILES string of the molecule is CN=C1NC(CCN2C(=NC)NC(C)N=C2N(C)CCc2ccccc2)N=C(N(C)CCCc2ccccc2)N1C. The maximum absolute atomic E-state index is 5.12. The van der Waals surface area contributed by atoms with Crippen LogP contribution in [0.15, 0.2) is 80.6 Å². The molecular weight excluding hydrogens is 512 g/mol. The number of hydrogen-bond acceptors (Lipinski definition) is 6. The van der Waals surface area contributed by atoms with Crippen LogP contribution < -0.4 is 10.6 Å². The molecule has 2 unspecified atom stereocenters. The van der Waals surface area contributed by atoms with Crippen LogP contribution in [0.4, 0.5) is 0 Å². The van der Waals surface area contributed by atoms with Crippen LogP contribution in [-0.4, -0.2) is 111 Å². The third-order valence-corrected chi connectivity index (χ3v) is 7.44. The van der Waals surface area contributed by atoms with Crippen molar-refractivity contribution in [1.82, 2.24) is 30.2 Å². The summed E-state index contributed by atoms with van der Waals surface area (Å²) < 4.78 is 0. The zero-order valence-corrected chi connectivity index (χ0v) is 25.5. The number of nitrogens with zero attached hydrogens (tertiary/aromatic N) is 8. The first kappa shape index (κ1) is 29.9. The average molecular weight is 559 g/mol. The quantitative estimate of drug-likeness (QED) is 0.467. The first-order chi connectivity index (χ1) is 19.9. The van der Waals surface area contributed by atoms with Crippen molar-refractivity contribution in [3.63, 3.8) is 0 Å². The molecule has 2 N–H and O–H groups in total. The lowest BCUT2D eigenvalue weighted by atomic mass is 10.1. The van der Waals surface area contributed by atoms with Crippen molar-refractivity contribution in [2.75, 3.05) is 54.9 Å². The molecule has 0 radical (unpaired) electrons. The van der Waals surface area contributed by atoms with Crippen molar-refractivity contribution in [3.05, 3.63) is 71.8 Å². The van der Waals surface area contributed by atoms with Gasteiger partial charge in [0.25, 0.3) is 0 Å². The largest absolute Gasteiger partial charge is 0.345 e. The Morgan fingerprint density at radius 1 is 0.780 bits per heavy atom. The second kappa shape index (κ2) is 14.5. The molecule has 2 atom stereocenters. The lowest BCUT2D eigenvalue weighted by Crippen LogP contribution is -2.59. The van der Waals surface area contributed by atoms with Crippen molar-refractivity contribution < 1.29 is 0 Å². The molecule has 2 heterocycles. The summed E-state index contributed by atoms with van der Waals surface area (Å²) in [4.78, 5) is 27.8. The van der Waals surface area contributed by atoms with Crippen molar-refractivity contribution in [2.24, 2.45) is 20.0 Å². The Hall–Kier alpha value is -4.08. The number of likely N-dealkylation sites (N-methyl/N-ethyl adjacent to an activating group) is 1. The predicted octanol–water partition coefficient (Wildman–Crippen LogP) is 2.91. The van der Waals surface area contributed by atoms with Crippen LogP contribution in [0, 0.1) is 0 Å². The van der Waals surface area contributed by atoms with E-state index in [4.69, 9.17) is 9.98 Å². The predicted molar refractivity (Wildman–Crippen MR) is 170 cm³/mol. The second-order valence-corrected chi connectivity index (χ2v) is 10.6. The smallest absolute Gasteiger partial charge is 0.205 e. The van der Waals surface area contributed by atoms with Gasteiger partial charge in [0.1, 0.15) is 12.3 Å². The number of aryl methyl sites for hydroxylation is 1. The van der Waals surface area contributed by atoms with Gasteiger partial charge in [0, 0.05) is 61.3 Å². The number of hydrogen-bond donors (Lipinski definition) is 2. The van der Waals surface area contributed by atoms with E-state index in [9.17, 15) is 0 Å². The highest BCUT2D eigenvalue weighted by atomic mass is 15.5. The third-order valence-electron chi connectivity index (χ3n) is 7.44. The summed E-state index contributed by atoms with van der Waals surface area (Å²) in [6, 6.07) is 21.2. The molecule has 0 spiro atoms. The Kier molecular flexibility index (Phi) is 10.6. The highest BCUT2D eigenvalue weighted by molar-refractivity contribution is 6.01. The van der Waals surface area contributed by atoms with E-state index in [1.165, 1.54) is 11.1 Å². The Bertz CT molecular complexity index is 1220. The molecular formula is C31H46N10. The molecule has 2 aliphatic heterocycles. The van der Waals surface area contributed by atoms with E-state index in [0.29, 0.717) is 6.54 Å². The van der Waals surface area contributed by atoms with Gasteiger partial charge in [-0.25, -0.2) is 9.98 Å². The van der Waals surface area contributed by atoms with E-state index in [0.717, 1.165) is 62.6 Å². The fourth-order valence-electron chi connectivity index (χ4n) is 5.19. The molecule has 0 bridgehead atoms. The molecule has 0 fully saturated rings. The topological polar surface area (TPSA) is 86.5 Å². The molecule has 0 saturated heterocycles. The maximum Gasteiger partial charge on any atom is 0.205 e. The number of benzene rings is 2. The normalized spacial score (nSPS) is 20.8. The summed E-state index contributed by atoms with van der Waals surface area (Å²) >= 11 is 0. The molecule has 41 heavy (non-hydrogen) atoms. The summed E-state index contributed by atoms with van der Waals surface area (Å²) in [6.07, 6.45) is 3.63. The standard InChI is InChI=1S/C31H46N10/c1-24-34-29(33-3)41(31(35-24)39(5)22-19-26-16-11-8-12-17-26)23-20-27-36-28(32-2)40(6)30(37-27)38(4)21-13-18-25-14-9-7-10-15-25/h7-12,14-17,24,27H,13,18-23H2,1-6H3,(H,32,36)(H,33,34). The van der Waals surface area contributed by atoms with Gasteiger partial charge in [0.05, 0.1) is 0 Å². The summed E-state index contributed by atoms with van der Waals surface area (Å²) in [6.45, 7) is 4.53. The van der Waals surface area contributed by atoms with Crippen molar-refractivity contribution >= 4 is 23.8 Å². The van der Waals surface area contributed by atoms with Crippen LogP contribution in [0.2, 0.25) is 0 Å².